The molecule has 0 saturated carbocycles. The maximum Gasteiger partial charge on any atom is 0.304 e. The van der Waals surface area contributed by atoms with Gasteiger partial charge in [0.2, 0.25) is 0 Å². The van der Waals surface area contributed by atoms with Crippen LogP contribution in [0.25, 0.3) is 0 Å². The Morgan fingerprint density at radius 3 is 2.73 bits per heavy atom. The van der Waals surface area contributed by atoms with Gasteiger partial charge >= 0.3 is 5.97 Å². The number of carbonyl (C=O) groups is 1. The van der Waals surface area contributed by atoms with E-state index < -0.39 is 5.97 Å². The highest BCUT2D eigenvalue weighted by Crippen LogP contribution is 2.17. The highest BCUT2D eigenvalue weighted by Gasteiger charge is 2.22. The summed E-state index contributed by atoms with van der Waals surface area (Å²) >= 11 is 0. The van der Waals surface area contributed by atoms with Crippen molar-refractivity contribution in [3.8, 4) is 0 Å². The molecule has 0 aromatic heterocycles. The lowest BCUT2D eigenvalue weighted by molar-refractivity contribution is -0.138. The quantitative estimate of drug-likeness (QED) is 0.687. The average Bonchev–Trinajstić information content (AvgIpc) is 2.15. The molecular formula is C7H14ClNO2. The number of halogens is 1. The van der Waals surface area contributed by atoms with E-state index in [-0.39, 0.29) is 18.4 Å². The van der Waals surface area contributed by atoms with Crippen LogP contribution in [0.1, 0.15) is 19.3 Å². The van der Waals surface area contributed by atoms with Crippen molar-refractivity contribution in [2.75, 3.05) is 13.6 Å². The third kappa shape index (κ3) is 3.08. The van der Waals surface area contributed by atoms with Gasteiger partial charge in [0.05, 0.1) is 6.42 Å². The molecule has 0 aliphatic carbocycles. The Kier molecular flexibility index (Phi) is 4.45. The van der Waals surface area contributed by atoms with Gasteiger partial charge in [-0.05, 0) is 26.4 Å². The molecule has 1 aliphatic heterocycles. The molecule has 11 heavy (non-hydrogen) atoms. The van der Waals surface area contributed by atoms with Gasteiger partial charge in [0.1, 0.15) is 0 Å². The molecular weight excluding hydrogens is 166 g/mol. The van der Waals surface area contributed by atoms with Crippen molar-refractivity contribution in [3.05, 3.63) is 0 Å². The van der Waals surface area contributed by atoms with E-state index >= 15 is 0 Å². The first-order chi connectivity index (χ1) is 4.70. The van der Waals surface area contributed by atoms with Crippen molar-refractivity contribution in [1.82, 2.24) is 4.90 Å². The molecule has 0 amide bonds. The number of carboxylic acid groups (broad SMARTS) is 1. The summed E-state index contributed by atoms with van der Waals surface area (Å²) in [6.45, 7) is 1.05. The smallest absolute Gasteiger partial charge is 0.304 e. The van der Waals surface area contributed by atoms with Gasteiger partial charge < -0.3 is 10.0 Å². The van der Waals surface area contributed by atoms with Gasteiger partial charge in [0, 0.05) is 6.04 Å². The van der Waals surface area contributed by atoms with Crippen LogP contribution in [0.15, 0.2) is 0 Å². The zero-order valence-corrected chi connectivity index (χ0v) is 7.43. The van der Waals surface area contributed by atoms with E-state index in [0.29, 0.717) is 6.42 Å². The number of rotatable bonds is 2. The first kappa shape index (κ1) is 10.7. The molecule has 1 aliphatic rings. The third-order valence-corrected chi connectivity index (χ3v) is 2.08. The Bertz CT molecular complexity index is 140. The van der Waals surface area contributed by atoms with Crippen LogP contribution in [0.4, 0.5) is 0 Å². The second-order valence-corrected chi connectivity index (χ2v) is 2.87. The fourth-order valence-electron chi connectivity index (χ4n) is 1.44. The Morgan fingerprint density at radius 1 is 1.73 bits per heavy atom. The summed E-state index contributed by atoms with van der Waals surface area (Å²) in [5.41, 5.74) is 0. The minimum Gasteiger partial charge on any atom is -0.481 e. The second-order valence-electron chi connectivity index (χ2n) is 2.87. The molecule has 1 saturated heterocycles. The summed E-state index contributed by atoms with van der Waals surface area (Å²) in [6.07, 6.45) is 2.49. The van der Waals surface area contributed by atoms with E-state index in [9.17, 15) is 4.79 Å². The largest absolute Gasteiger partial charge is 0.481 e. The average molecular weight is 180 g/mol. The van der Waals surface area contributed by atoms with Crippen LogP contribution in [0.5, 0.6) is 0 Å². The van der Waals surface area contributed by atoms with Crippen LogP contribution in [0.2, 0.25) is 0 Å². The van der Waals surface area contributed by atoms with Gasteiger partial charge in [-0.2, -0.15) is 0 Å². The molecule has 0 unspecified atom stereocenters. The molecule has 1 rings (SSSR count). The summed E-state index contributed by atoms with van der Waals surface area (Å²) in [5, 5.41) is 8.46. The highest BCUT2D eigenvalue weighted by molar-refractivity contribution is 5.85. The van der Waals surface area contributed by atoms with Crippen LogP contribution >= 0.6 is 12.4 Å². The van der Waals surface area contributed by atoms with Gasteiger partial charge in [-0.1, -0.05) is 0 Å². The zero-order chi connectivity index (χ0) is 7.56. The van der Waals surface area contributed by atoms with Crippen LogP contribution in [0, 0.1) is 0 Å². The molecule has 0 aromatic rings. The number of hydrogen-bond acceptors (Lipinski definition) is 2. The third-order valence-electron chi connectivity index (χ3n) is 2.08. The highest BCUT2D eigenvalue weighted by atomic mass is 35.5. The standard InChI is InChI=1S/C7H13NO2.ClH/c1-8-4-2-3-6(8)5-7(9)10;/h6H,2-5H2,1H3,(H,9,10);1H/t6-;/m0./s1. The van der Waals surface area contributed by atoms with Crippen LogP contribution < -0.4 is 0 Å². The maximum absolute atomic E-state index is 10.3. The normalized spacial score (nSPS) is 24.6. The minimum absolute atomic E-state index is 0. The van der Waals surface area contributed by atoms with E-state index in [1.165, 1.54) is 0 Å². The van der Waals surface area contributed by atoms with Crippen molar-refractivity contribution >= 4 is 18.4 Å². The molecule has 0 bridgehead atoms. The van der Waals surface area contributed by atoms with Crippen molar-refractivity contribution < 1.29 is 9.90 Å². The van der Waals surface area contributed by atoms with Gasteiger partial charge in [0.25, 0.3) is 0 Å². The first-order valence-corrected chi connectivity index (χ1v) is 3.62. The molecule has 66 valence electrons. The second kappa shape index (κ2) is 4.57. The van der Waals surface area contributed by atoms with E-state index in [0.717, 1.165) is 19.4 Å². The van der Waals surface area contributed by atoms with Gasteiger partial charge in [0.15, 0.2) is 0 Å². The van der Waals surface area contributed by atoms with E-state index in [1.54, 1.807) is 0 Å². The number of nitrogens with zero attached hydrogens (tertiary/aromatic N) is 1. The van der Waals surface area contributed by atoms with Gasteiger partial charge in [-0.15, -0.1) is 12.4 Å². The fourth-order valence-corrected chi connectivity index (χ4v) is 1.44. The Hall–Kier alpha value is -0.280. The van der Waals surface area contributed by atoms with Crippen LogP contribution in [0.3, 0.4) is 0 Å². The predicted octanol–water partition coefficient (Wildman–Crippen LogP) is 0.977. The zero-order valence-electron chi connectivity index (χ0n) is 6.62. The lowest BCUT2D eigenvalue weighted by atomic mass is 10.1. The molecule has 4 heteroatoms. The minimum atomic E-state index is -0.682. The molecule has 0 radical (unpaired) electrons. The summed E-state index contributed by atoms with van der Waals surface area (Å²) in [5.74, 6) is -0.682. The molecule has 3 nitrogen and oxygen atoms in total. The predicted molar refractivity (Wildman–Crippen MR) is 45.2 cm³/mol. The number of carboxylic acids is 1. The Balaban J connectivity index is 0.000001000. The lowest BCUT2D eigenvalue weighted by Gasteiger charge is -2.16. The summed E-state index contributed by atoms with van der Waals surface area (Å²) in [6, 6.07) is 0.289. The Labute approximate surface area is 72.8 Å². The number of aliphatic carboxylic acids is 1. The summed E-state index contributed by atoms with van der Waals surface area (Å²) in [4.78, 5) is 12.4. The van der Waals surface area contributed by atoms with Crippen molar-refractivity contribution in [3.63, 3.8) is 0 Å². The van der Waals surface area contributed by atoms with Crippen molar-refractivity contribution in [2.24, 2.45) is 0 Å². The van der Waals surface area contributed by atoms with E-state index in [2.05, 4.69) is 4.90 Å². The van der Waals surface area contributed by atoms with E-state index in [4.69, 9.17) is 5.11 Å². The monoisotopic (exact) mass is 179 g/mol. The summed E-state index contributed by atoms with van der Waals surface area (Å²) in [7, 11) is 1.99. The fraction of sp³-hybridized carbons (Fsp3) is 0.857. The van der Waals surface area contributed by atoms with Gasteiger partial charge in [-0.25, -0.2) is 0 Å². The SMILES string of the molecule is CN1CCC[C@H]1CC(=O)O.Cl. The Morgan fingerprint density at radius 2 is 2.36 bits per heavy atom. The molecule has 0 aromatic carbocycles. The molecule has 1 fully saturated rings. The van der Waals surface area contributed by atoms with Gasteiger partial charge in [-0.3, -0.25) is 4.79 Å². The number of hydrogen-bond donors (Lipinski definition) is 1. The maximum atomic E-state index is 10.3. The molecule has 1 N–H and O–H groups in total. The molecule has 1 atom stereocenters. The van der Waals surface area contributed by atoms with E-state index in [1.807, 2.05) is 7.05 Å². The molecule has 0 spiro atoms. The van der Waals surface area contributed by atoms with Crippen molar-refractivity contribution in [2.45, 2.75) is 25.3 Å². The van der Waals surface area contributed by atoms with Crippen LogP contribution in [-0.4, -0.2) is 35.6 Å². The summed E-state index contributed by atoms with van der Waals surface area (Å²) < 4.78 is 0. The topological polar surface area (TPSA) is 40.5 Å². The first-order valence-electron chi connectivity index (χ1n) is 3.62. The van der Waals surface area contributed by atoms with Crippen molar-refractivity contribution in [1.29, 1.82) is 0 Å². The van der Waals surface area contributed by atoms with Crippen LogP contribution in [-0.2, 0) is 4.79 Å². The number of likely N-dealkylation sites (tertiary alicyclic amines) is 1. The molecule has 1 heterocycles. The lowest BCUT2D eigenvalue weighted by Crippen LogP contribution is -2.27.